The van der Waals surface area contributed by atoms with Gasteiger partial charge in [0.15, 0.2) is 0 Å². The van der Waals surface area contributed by atoms with Gasteiger partial charge in [-0.2, -0.15) is 0 Å². The zero-order chi connectivity index (χ0) is 26.3. The molecule has 3 aromatic rings. The van der Waals surface area contributed by atoms with Gasteiger partial charge in [0.05, 0.1) is 28.4 Å². The smallest absolute Gasteiger partial charge is 0.338 e. The number of hydrogen-bond donors (Lipinski definition) is 1. The molecule has 2 aromatic carbocycles. The molecular weight excluding hydrogens is 505 g/mol. The van der Waals surface area contributed by atoms with Gasteiger partial charge in [-0.25, -0.2) is 14.5 Å². The third-order valence-corrected chi connectivity index (χ3v) is 6.80. The maximum absolute atomic E-state index is 13.3. The second kappa shape index (κ2) is 9.64. The van der Waals surface area contributed by atoms with E-state index in [4.69, 9.17) is 27.9 Å². The number of urea groups is 1. The van der Waals surface area contributed by atoms with Crippen LogP contribution in [-0.4, -0.2) is 35.5 Å². The fourth-order valence-electron chi connectivity index (χ4n) is 4.20. The van der Waals surface area contributed by atoms with E-state index in [-0.39, 0.29) is 21.3 Å². The number of imide groups is 2. The van der Waals surface area contributed by atoms with Crippen molar-refractivity contribution in [2.45, 2.75) is 20.8 Å². The molecule has 8 nitrogen and oxygen atoms in total. The number of halogens is 2. The molecule has 0 spiro atoms. The number of methoxy groups -OCH3 is 1. The van der Waals surface area contributed by atoms with Crippen LogP contribution in [-0.2, 0) is 14.3 Å². The predicted octanol–water partition coefficient (Wildman–Crippen LogP) is 5.16. The van der Waals surface area contributed by atoms with Crippen molar-refractivity contribution in [1.82, 2.24) is 9.88 Å². The van der Waals surface area contributed by atoms with Crippen LogP contribution in [0.15, 0.2) is 48.0 Å². The Balaban J connectivity index is 1.81. The number of esters is 1. The van der Waals surface area contributed by atoms with E-state index in [2.05, 4.69) is 5.32 Å². The first-order valence-corrected chi connectivity index (χ1v) is 11.5. The van der Waals surface area contributed by atoms with Crippen LogP contribution in [0, 0.1) is 20.8 Å². The lowest BCUT2D eigenvalue weighted by atomic mass is 10.1. The summed E-state index contributed by atoms with van der Waals surface area (Å²) in [5, 5.41) is 2.35. The van der Waals surface area contributed by atoms with Gasteiger partial charge in [0.2, 0.25) is 0 Å². The van der Waals surface area contributed by atoms with Crippen molar-refractivity contribution in [3.63, 3.8) is 0 Å². The Morgan fingerprint density at radius 2 is 1.67 bits per heavy atom. The van der Waals surface area contributed by atoms with E-state index in [1.54, 1.807) is 24.3 Å². The van der Waals surface area contributed by atoms with E-state index in [1.807, 2.05) is 31.4 Å². The molecule has 184 valence electrons. The lowest BCUT2D eigenvalue weighted by molar-refractivity contribution is -0.122. The molecule has 1 fully saturated rings. The highest BCUT2D eigenvalue weighted by Gasteiger charge is 2.38. The second-order valence-corrected chi connectivity index (χ2v) is 8.92. The van der Waals surface area contributed by atoms with Gasteiger partial charge < -0.3 is 9.30 Å². The molecule has 1 aliphatic heterocycles. The summed E-state index contributed by atoms with van der Waals surface area (Å²) in [5.41, 5.74) is 3.81. The first-order chi connectivity index (χ1) is 17.1. The average Bonchev–Trinajstić information content (AvgIpc) is 3.11. The van der Waals surface area contributed by atoms with Crippen molar-refractivity contribution in [1.29, 1.82) is 0 Å². The zero-order valence-electron chi connectivity index (χ0n) is 19.8. The Bertz CT molecular complexity index is 1490. The standard InChI is InChI=1S/C26H21Cl2N3O5/c1-13-11-16(15(3)30(13)20-9-5-7-17(14(20)2)25(34)36-4)12-18-23(32)29-26(35)31(24(18)33)21-10-6-8-19(27)22(21)28/h5-12H,1-4H3,(H,29,32,35)/b18-12+. The number of rotatable bonds is 4. The summed E-state index contributed by atoms with van der Waals surface area (Å²) < 4.78 is 6.79. The number of benzene rings is 2. The van der Waals surface area contributed by atoms with Crippen molar-refractivity contribution < 1.29 is 23.9 Å². The highest BCUT2D eigenvalue weighted by Crippen LogP contribution is 2.35. The van der Waals surface area contributed by atoms with Gasteiger partial charge in [-0.05, 0) is 68.3 Å². The summed E-state index contributed by atoms with van der Waals surface area (Å²) in [7, 11) is 1.32. The molecule has 0 bridgehead atoms. The summed E-state index contributed by atoms with van der Waals surface area (Å²) in [6.45, 7) is 5.50. The zero-order valence-corrected chi connectivity index (χ0v) is 21.3. The largest absolute Gasteiger partial charge is 0.465 e. The summed E-state index contributed by atoms with van der Waals surface area (Å²) >= 11 is 12.3. The van der Waals surface area contributed by atoms with Crippen LogP contribution in [0.5, 0.6) is 0 Å². The second-order valence-electron chi connectivity index (χ2n) is 8.13. The third kappa shape index (κ3) is 4.19. The van der Waals surface area contributed by atoms with Crippen molar-refractivity contribution in [3.8, 4) is 5.69 Å². The number of carbonyl (C=O) groups excluding carboxylic acids is 4. The summed E-state index contributed by atoms with van der Waals surface area (Å²) in [6, 6.07) is 10.7. The first kappa shape index (κ1) is 25.2. The topological polar surface area (TPSA) is 97.7 Å². The number of anilines is 1. The molecule has 0 unspecified atom stereocenters. The van der Waals surface area contributed by atoms with E-state index in [9.17, 15) is 19.2 Å². The van der Waals surface area contributed by atoms with E-state index < -0.39 is 23.8 Å². The van der Waals surface area contributed by atoms with Gasteiger partial charge in [0, 0.05) is 17.1 Å². The minimum atomic E-state index is -0.924. The lowest BCUT2D eigenvalue weighted by Crippen LogP contribution is -2.54. The maximum Gasteiger partial charge on any atom is 0.338 e. The quantitative estimate of drug-likeness (QED) is 0.288. The van der Waals surface area contributed by atoms with Gasteiger partial charge in [0.25, 0.3) is 11.8 Å². The Morgan fingerprint density at radius 3 is 2.36 bits per heavy atom. The Hall–Kier alpha value is -3.88. The monoisotopic (exact) mass is 525 g/mol. The average molecular weight is 526 g/mol. The number of nitrogens with one attached hydrogen (secondary N) is 1. The minimum absolute atomic E-state index is 0.00973. The molecule has 1 aromatic heterocycles. The van der Waals surface area contributed by atoms with Gasteiger partial charge in [0.1, 0.15) is 5.57 Å². The van der Waals surface area contributed by atoms with Gasteiger partial charge in [-0.3, -0.25) is 14.9 Å². The van der Waals surface area contributed by atoms with Crippen molar-refractivity contribution >= 4 is 58.8 Å². The van der Waals surface area contributed by atoms with E-state index >= 15 is 0 Å². The normalized spacial score (nSPS) is 14.9. The molecule has 1 aliphatic rings. The maximum atomic E-state index is 13.3. The highest BCUT2D eigenvalue weighted by atomic mass is 35.5. The van der Waals surface area contributed by atoms with Gasteiger partial charge >= 0.3 is 12.0 Å². The Labute approximate surface area is 217 Å². The number of ether oxygens (including phenoxy) is 1. The van der Waals surface area contributed by atoms with Crippen LogP contribution in [0.3, 0.4) is 0 Å². The van der Waals surface area contributed by atoms with Gasteiger partial charge in [-0.1, -0.05) is 35.3 Å². The number of aryl methyl sites for hydroxylation is 1. The molecule has 2 heterocycles. The lowest BCUT2D eigenvalue weighted by Gasteiger charge is -2.27. The number of amides is 4. The van der Waals surface area contributed by atoms with Crippen LogP contribution < -0.4 is 10.2 Å². The molecule has 0 saturated carbocycles. The van der Waals surface area contributed by atoms with Gasteiger partial charge in [-0.15, -0.1) is 0 Å². The summed E-state index contributed by atoms with van der Waals surface area (Å²) in [5.74, 6) is -2.11. The molecule has 0 atom stereocenters. The molecule has 1 saturated heterocycles. The minimum Gasteiger partial charge on any atom is -0.465 e. The molecule has 0 aliphatic carbocycles. The number of carbonyl (C=O) groups is 4. The molecular formula is C26H21Cl2N3O5. The number of barbiturate groups is 1. The molecule has 1 N–H and O–H groups in total. The molecule has 36 heavy (non-hydrogen) atoms. The van der Waals surface area contributed by atoms with E-state index in [0.717, 1.165) is 22.0 Å². The molecule has 10 heteroatoms. The number of aromatic nitrogens is 1. The molecule has 4 amide bonds. The fraction of sp³-hybridized carbons (Fsp3) is 0.154. The van der Waals surface area contributed by atoms with E-state index in [0.29, 0.717) is 16.7 Å². The molecule has 0 radical (unpaired) electrons. The van der Waals surface area contributed by atoms with Crippen LogP contribution >= 0.6 is 23.2 Å². The third-order valence-electron chi connectivity index (χ3n) is 6.00. The SMILES string of the molecule is COC(=O)c1cccc(-n2c(C)cc(/C=C3\C(=O)NC(=O)N(c4cccc(Cl)c4Cl)C3=O)c2C)c1C. The Morgan fingerprint density at radius 1 is 1.00 bits per heavy atom. The molecule has 4 rings (SSSR count). The van der Waals surface area contributed by atoms with Crippen molar-refractivity contribution in [2.75, 3.05) is 12.0 Å². The van der Waals surface area contributed by atoms with E-state index in [1.165, 1.54) is 25.3 Å². The van der Waals surface area contributed by atoms with Crippen LogP contribution in [0.4, 0.5) is 10.5 Å². The summed E-state index contributed by atoms with van der Waals surface area (Å²) in [4.78, 5) is 51.5. The fourth-order valence-corrected chi connectivity index (χ4v) is 4.58. The number of hydrogen-bond acceptors (Lipinski definition) is 5. The predicted molar refractivity (Wildman–Crippen MR) is 137 cm³/mol. The first-order valence-electron chi connectivity index (χ1n) is 10.8. The Kier molecular flexibility index (Phi) is 6.75. The summed E-state index contributed by atoms with van der Waals surface area (Å²) in [6.07, 6.45) is 1.42. The van der Waals surface area contributed by atoms with Crippen LogP contribution in [0.25, 0.3) is 11.8 Å². The van der Waals surface area contributed by atoms with Crippen molar-refractivity contribution in [2.24, 2.45) is 0 Å². The van der Waals surface area contributed by atoms with Crippen LogP contribution in [0.2, 0.25) is 10.0 Å². The van der Waals surface area contributed by atoms with Crippen LogP contribution in [0.1, 0.15) is 32.9 Å². The number of nitrogens with zero attached hydrogens (tertiary/aromatic N) is 2. The highest BCUT2D eigenvalue weighted by molar-refractivity contribution is 6.46. The van der Waals surface area contributed by atoms with Crippen molar-refractivity contribution in [3.05, 3.63) is 86.2 Å².